The Labute approximate surface area is 105 Å². The molecule has 0 radical (unpaired) electrons. The van der Waals surface area contributed by atoms with Gasteiger partial charge in [-0.3, -0.25) is 4.79 Å². The molecule has 1 heterocycles. The maximum atomic E-state index is 11.6. The van der Waals surface area contributed by atoms with E-state index in [2.05, 4.69) is 20.6 Å². The molecule has 1 rings (SSSR count). The summed E-state index contributed by atoms with van der Waals surface area (Å²) in [6.45, 7) is 2.48. The van der Waals surface area contributed by atoms with Gasteiger partial charge in [-0.1, -0.05) is 11.6 Å². The Kier molecular flexibility index (Phi) is 6.96. The lowest BCUT2D eigenvalue weighted by Gasteiger charge is -2.11. The van der Waals surface area contributed by atoms with Crippen molar-refractivity contribution in [2.45, 2.75) is 13.0 Å². The number of carbonyl (C=O) groups is 1. The van der Waals surface area contributed by atoms with Crippen molar-refractivity contribution in [1.82, 2.24) is 20.6 Å². The Morgan fingerprint density at radius 3 is 2.88 bits per heavy atom. The molecule has 2 N–H and O–H groups in total. The van der Waals surface area contributed by atoms with Crippen LogP contribution in [0.2, 0.25) is 5.02 Å². The van der Waals surface area contributed by atoms with Gasteiger partial charge in [0.05, 0.1) is 5.02 Å². The van der Waals surface area contributed by atoms with Crippen molar-refractivity contribution in [1.29, 1.82) is 0 Å². The van der Waals surface area contributed by atoms with Crippen molar-refractivity contribution in [2.75, 3.05) is 13.6 Å². The average Bonchev–Trinajstić information content (AvgIpc) is 2.26. The third-order valence-corrected chi connectivity index (χ3v) is 2.22. The number of nitrogens with zero attached hydrogens (tertiary/aromatic N) is 2. The van der Waals surface area contributed by atoms with Gasteiger partial charge in [-0.15, -0.1) is 12.4 Å². The summed E-state index contributed by atoms with van der Waals surface area (Å²) < 4.78 is 0. The second-order valence-electron chi connectivity index (χ2n) is 3.12. The molecule has 0 aliphatic carbocycles. The number of hydrogen-bond donors (Lipinski definition) is 2. The van der Waals surface area contributed by atoms with Gasteiger partial charge < -0.3 is 10.6 Å². The molecule has 0 saturated carbocycles. The molecule has 90 valence electrons. The summed E-state index contributed by atoms with van der Waals surface area (Å²) >= 11 is 5.77. The molecule has 1 unspecified atom stereocenters. The topological polar surface area (TPSA) is 66.9 Å². The first-order valence-corrected chi connectivity index (χ1v) is 4.94. The van der Waals surface area contributed by atoms with Gasteiger partial charge in [0.25, 0.3) is 5.91 Å². The standard InChI is InChI=1S/C9H13ClN4O.ClH/c1-6(11-2)3-13-9(15)8-7(10)4-12-5-14-8;/h4-6,11H,3H2,1-2H3,(H,13,15);1H. The monoisotopic (exact) mass is 264 g/mol. The fourth-order valence-electron chi connectivity index (χ4n) is 0.911. The van der Waals surface area contributed by atoms with E-state index < -0.39 is 0 Å². The van der Waals surface area contributed by atoms with Gasteiger partial charge >= 0.3 is 0 Å². The van der Waals surface area contributed by atoms with Crippen LogP contribution in [0.4, 0.5) is 0 Å². The number of carbonyl (C=O) groups excluding carboxylic acids is 1. The van der Waals surface area contributed by atoms with Crippen molar-refractivity contribution in [2.24, 2.45) is 0 Å². The van der Waals surface area contributed by atoms with Gasteiger partial charge in [0.1, 0.15) is 12.0 Å². The Balaban J connectivity index is 0.00000225. The largest absolute Gasteiger partial charge is 0.349 e. The number of likely N-dealkylation sites (N-methyl/N-ethyl adjacent to an activating group) is 1. The number of aromatic nitrogens is 2. The van der Waals surface area contributed by atoms with Crippen molar-refractivity contribution in [3.63, 3.8) is 0 Å². The Hall–Kier alpha value is -0.910. The van der Waals surface area contributed by atoms with Crippen LogP contribution < -0.4 is 10.6 Å². The average molecular weight is 265 g/mol. The number of nitrogens with one attached hydrogen (secondary N) is 2. The first kappa shape index (κ1) is 15.1. The molecule has 0 aliphatic rings. The first-order chi connectivity index (χ1) is 7.15. The summed E-state index contributed by atoms with van der Waals surface area (Å²) in [6.07, 6.45) is 2.69. The van der Waals surface area contributed by atoms with Crippen LogP contribution in [0.25, 0.3) is 0 Å². The van der Waals surface area contributed by atoms with Crippen LogP contribution >= 0.6 is 24.0 Å². The second kappa shape index (κ2) is 7.38. The first-order valence-electron chi connectivity index (χ1n) is 4.56. The van der Waals surface area contributed by atoms with Crippen LogP contribution in [0.5, 0.6) is 0 Å². The third-order valence-electron chi connectivity index (χ3n) is 1.94. The van der Waals surface area contributed by atoms with E-state index in [9.17, 15) is 4.79 Å². The predicted molar refractivity (Wildman–Crippen MR) is 65.1 cm³/mol. The zero-order valence-corrected chi connectivity index (χ0v) is 10.6. The zero-order valence-electron chi connectivity index (χ0n) is 9.03. The normalized spacial score (nSPS) is 11.4. The summed E-state index contributed by atoms with van der Waals surface area (Å²) in [5.74, 6) is -0.287. The molecule has 16 heavy (non-hydrogen) atoms. The van der Waals surface area contributed by atoms with E-state index in [-0.39, 0.29) is 35.1 Å². The fraction of sp³-hybridized carbons (Fsp3) is 0.444. The Bertz CT molecular complexity index is 348. The molecule has 0 bridgehead atoms. The molecule has 0 aromatic carbocycles. The van der Waals surface area contributed by atoms with Crippen molar-refractivity contribution < 1.29 is 4.79 Å². The van der Waals surface area contributed by atoms with E-state index in [1.54, 1.807) is 0 Å². The van der Waals surface area contributed by atoms with Crippen LogP contribution in [0, 0.1) is 0 Å². The summed E-state index contributed by atoms with van der Waals surface area (Å²) in [5, 5.41) is 5.98. The summed E-state index contributed by atoms with van der Waals surface area (Å²) in [7, 11) is 1.83. The maximum absolute atomic E-state index is 11.6. The number of rotatable bonds is 4. The Morgan fingerprint density at radius 2 is 2.31 bits per heavy atom. The van der Waals surface area contributed by atoms with E-state index >= 15 is 0 Å². The number of hydrogen-bond acceptors (Lipinski definition) is 4. The summed E-state index contributed by atoms with van der Waals surface area (Å²) in [5.41, 5.74) is 0.204. The zero-order chi connectivity index (χ0) is 11.3. The van der Waals surface area contributed by atoms with Crippen molar-refractivity contribution >= 4 is 29.9 Å². The highest BCUT2D eigenvalue weighted by molar-refractivity contribution is 6.33. The SMILES string of the molecule is CNC(C)CNC(=O)c1ncncc1Cl.Cl. The molecule has 1 aromatic heterocycles. The molecular weight excluding hydrogens is 251 g/mol. The van der Waals surface area contributed by atoms with E-state index in [4.69, 9.17) is 11.6 Å². The highest BCUT2D eigenvalue weighted by Gasteiger charge is 2.11. The highest BCUT2D eigenvalue weighted by Crippen LogP contribution is 2.09. The molecule has 0 fully saturated rings. The van der Waals surface area contributed by atoms with Crippen molar-refractivity contribution in [3.8, 4) is 0 Å². The lowest BCUT2D eigenvalue weighted by molar-refractivity contribution is 0.0945. The summed E-state index contributed by atoms with van der Waals surface area (Å²) in [6, 6.07) is 0.203. The minimum atomic E-state index is -0.287. The molecule has 1 aromatic rings. The number of halogens is 2. The molecular formula is C9H14Cl2N4O. The van der Waals surface area contributed by atoms with Crippen LogP contribution in [-0.4, -0.2) is 35.5 Å². The van der Waals surface area contributed by atoms with Gasteiger partial charge in [0.15, 0.2) is 0 Å². The van der Waals surface area contributed by atoms with Crippen LogP contribution in [0.1, 0.15) is 17.4 Å². The predicted octanol–water partition coefficient (Wildman–Crippen LogP) is 0.890. The van der Waals surface area contributed by atoms with Gasteiger partial charge in [-0.2, -0.15) is 0 Å². The van der Waals surface area contributed by atoms with Crippen LogP contribution in [0.15, 0.2) is 12.5 Å². The lowest BCUT2D eigenvalue weighted by atomic mass is 10.3. The van der Waals surface area contributed by atoms with Crippen LogP contribution in [0.3, 0.4) is 0 Å². The molecule has 0 aliphatic heterocycles. The van der Waals surface area contributed by atoms with Crippen molar-refractivity contribution in [3.05, 3.63) is 23.2 Å². The smallest absolute Gasteiger partial charge is 0.271 e. The Morgan fingerprint density at radius 1 is 1.62 bits per heavy atom. The van der Waals surface area contributed by atoms with E-state index in [1.807, 2.05) is 14.0 Å². The molecule has 1 amide bonds. The van der Waals surface area contributed by atoms with Crippen LogP contribution in [-0.2, 0) is 0 Å². The molecule has 0 spiro atoms. The minimum absolute atomic E-state index is 0. The van der Waals surface area contributed by atoms with Gasteiger partial charge in [-0.05, 0) is 14.0 Å². The quantitative estimate of drug-likeness (QED) is 0.848. The van der Waals surface area contributed by atoms with E-state index in [0.717, 1.165) is 0 Å². The van der Waals surface area contributed by atoms with Gasteiger partial charge in [0, 0.05) is 18.8 Å². The molecule has 1 atom stereocenters. The highest BCUT2D eigenvalue weighted by atomic mass is 35.5. The molecule has 5 nitrogen and oxygen atoms in total. The van der Waals surface area contributed by atoms with E-state index in [0.29, 0.717) is 6.54 Å². The summed E-state index contributed by atoms with van der Waals surface area (Å²) in [4.78, 5) is 19.1. The molecule has 0 saturated heterocycles. The fourth-order valence-corrected chi connectivity index (χ4v) is 1.10. The third kappa shape index (κ3) is 4.30. The minimum Gasteiger partial charge on any atom is -0.349 e. The molecule has 7 heteroatoms. The number of amides is 1. The van der Waals surface area contributed by atoms with Gasteiger partial charge in [0.2, 0.25) is 0 Å². The van der Waals surface area contributed by atoms with Gasteiger partial charge in [-0.25, -0.2) is 9.97 Å². The lowest BCUT2D eigenvalue weighted by Crippen LogP contribution is -2.37. The van der Waals surface area contributed by atoms with E-state index in [1.165, 1.54) is 12.5 Å². The second-order valence-corrected chi connectivity index (χ2v) is 3.53. The maximum Gasteiger partial charge on any atom is 0.271 e.